The molecule has 0 aliphatic carbocycles. The van der Waals surface area contributed by atoms with E-state index < -0.39 is 28.5 Å². The number of sulfonamides is 1. The number of benzene rings is 2. The van der Waals surface area contributed by atoms with Gasteiger partial charge >= 0.3 is 5.97 Å². The summed E-state index contributed by atoms with van der Waals surface area (Å²) in [5.74, 6) is -0.528. The molecule has 0 bridgehead atoms. The maximum atomic E-state index is 13.0. The minimum atomic E-state index is -3.62. The van der Waals surface area contributed by atoms with Crippen molar-refractivity contribution in [2.45, 2.75) is 39.0 Å². The molecule has 3 rings (SSSR count). The van der Waals surface area contributed by atoms with Crippen molar-refractivity contribution in [3.63, 3.8) is 0 Å². The maximum Gasteiger partial charge on any atom is 0.338 e. The van der Waals surface area contributed by atoms with Crippen LogP contribution in [0.15, 0.2) is 47.4 Å². The van der Waals surface area contributed by atoms with Crippen LogP contribution in [-0.2, 0) is 19.6 Å². The predicted molar refractivity (Wildman–Crippen MR) is 123 cm³/mol. The number of piperidine rings is 1. The first-order valence-electron chi connectivity index (χ1n) is 10.7. The Labute approximate surface area is 189 Å². The smallest absolute Gasteiger partial charge is 0.338 e. The molecule has 1 N–H and O–H groups in total. The highest BCUT2D eigenvalue weighted by molar-refractivity contribution is 7.89. The van der Waals surface area contributed by atoms with Crippen molar-refractivity contribution in [2.75, 3.05) is 25.0 Å². The molecular formula is C24H30N2O5S. The van der Waals surface area contributed by atoms with Crippen LogP contribution in [0, 0.1) is 25.7 Å². The first-order valence-corrected chi connectivity index (χ1v) is 12.2. The third-order valence-corrected chi connectivity index (χ3v) is 7.62. The summed E-state index contributed by atoms with van der Waals surface area (Å²) in [6.45, 7) is 8.49. The van der Waals surface area contributed by atoms with Crippen LogP contribution in [0.3, 0.4) is 0 Å². The molecule has 2 aromatic carbocycles. The number of nitrogens with zero attached hydrogens (tertiary/aromatic N) is 1. The lowest BCUT2D eigenvalue weighted by molar-refractivity contribution is -0.119. The molecule has 1 heterocycles. The predicted octanol–water partition coefficient (Wildman–Crippen LogP) is 3.77. The second kappa shape index (κ2) is 9.83. The van der Waals surface area contributed by atoms with E-state index in [1.165, 1.54) is 28.6 Å². The van der Waals surface area contributed by atoms with Crippen molar-refractivity contribution in [2.24, 2.45) is 11.8 Å². The lowest BCUT2D eigenvalue weighted by Crippen LogP contribution is -2.42. The Bertz CT molecular complexity index is 1090. The van der Waals surface area contributed by atoms with Gasteiger partial charge in [-0.05, 0) is 73.6 Å². The molecule has 172 valence electrons. The van der Waals surface area contributed by atoms with Gasteiger partial charge in [-0.3, -0.25) is 4.79 Å². The van der Waals surface area contributed by atoms with E-state index in [-0.39, 0.29) is 10.5 Å². The summed E-state index contributed by atoms with van der Waals surface area (Å²) in [5.41, 5.74) is 2.84. The fraction of sp³-hybridized carbons (Fsp3) is 0.417. The number of rotatable bonds is 6. The van der Waals surface area contributed by atoms with Gasteiger partial charge in [0.2, 0.25) is 10.0 Å². The second-order valence-corrected chi connectivity index (χ2v) is 10.6. The monoisotopic (exact) mass is 458 g/mol. The van der Waals surface area contributed by atoms with Gasteiger partial charge in [0.25, 0.3) is 5.91 Å². The minimum Gasteiger partial charge on any atom is -0.452 e. The van der Waals surface area contributed by atoms with E-state index >= 15 is 0 Å². The van der Waals surface area contributed by atoms with Crippen LogP contribution in [0.5, 0.6) is 0 Å². The molecule has 2 aromatic rings. The van der Waals surface area contributed by atoms with E-state index in [0.29, 0.717) is 30.6 Å². The van der Waals surface area contributed by atoms with Gasteiger partial charge in [-0.25, -0.2) is 13.2 Å². The Kier molecular flexibility index (Phi) is 7.36. The number of nitrogens with one attached hydrogen (secondary N) is 1. The lowest BCUT2D eigenvalue weighted by atomic mass is 9.94. The number of ether oxygens (including phenoxy) is 1. The molecule has 1 fully saturated rings. The molecule has 0 aromatic heterocycles. The summed E-state index contributed by atoms with van der Waals surface area (Å²) in [6.07, 6.45) is 1.01. The average Bonchev–Trinajstić information content (AvgIpc) is 2.74. The Hall–Kier alpha value is -2.71. The highest BCUT2D eigenvalue weighted by Gasteiger charge is 2.31. The lowest BCUT2D eigenvalue weighted by Gasteiger charge is -2.34. The third-order valence-electron chi connectivity index (χ3n) is 5.78. The van der Waals surface area contributed by atoms with Gasteiger partial charge in [-0.1, -0.05) is 26.0 Å². The van der Waals surface area contributed by atoms with Gasteiger partial charge in [0.05, 0.1) is 10.5 Å². The quantitative estimate of drug-likeness (QED) is 0.666. The number of carbonyl (C=O) groups excluding carboxylic acids is 2. The van der Waals surface area contributed by atoms with Gasteiger partial charge in [0.1, 0.15) is 0 Å². The fourth-order valence-electron chi connectivity index (χ4n) is 4.00. The van der Waals surface area contributed by atoms with Gasteiger partial charge < -0.3 is 10.1 Å². The van der Waals surface area contributed by atoms with Crippen LogP contribution in [0.4, 0.5) is 5.69 Å². The maximum absolute atomic E-state index is 13.0. The number of anilines is 1. The van der Waals surface area contributed by atoms with E-state index in [9.17, 15) is 18.0 Å². The molecule has 0 spiro atoms. The van der Waals surface area contributed by atoms with Crippen LogP contribution in [0.2, 0.25) is 0 Å². The largest absolute Gasteiger partial charge is 0.452 e. The Morgan fingerprint density at radius 2 is 1.66 bits per heavy atom. The van der Waals surface area contributed by atoms with Crippen molar-refractivity contribution in [1.82, 2.24) is 4.31 Å². The van der Waals surface area contributed by atoms with E-state index in [4.69, 9.17) is 4.74 Å². The van der Waals surface area contributed by atoms with Crippen molar-refractivity contribution < 1.29 is 22.7 Å². The summed E-state index contributed by atoms with van der Waals surface area (Å²) < 4.78 is 32.5. The number of esters is 1. The van der Waals surface area contributed by atoms with Crippen LogP contribution in [0.25, 0.3) is 0 Å². The number of amides is 1. The van der Waals surface area contributed by atoms with Crippen molar-refractivity contribution >= 4 is 27.6 Å². The molecule has 1 aliphatic heterocycles. The normalized spacial score (nSPS) is 19.4. The average molecular weight is 459 g/mol. The summed E-state index contributed by atoms with van der Waals surface area (Å²) in [5, 5.41) is 2.73. The summed E-state index contributed by atoms with van der Waals surface area (Å²) in [6, 6.07) is 11.2. The number of carbonyl (C=O) groups is 2. The molecule has 0 radical (unpaired) electrons. The molecule has 8 heteroatoms. The first-order chi connectivity index (χ1) is 15.1. The summed E-state index contributed by atoms with van der Waals surface area (Å²) in [7, 11) is -3.62. The molecule has 2 atom stereocenters. The van der Waals surface area contributed by atoms with E-state index in [0.717, 1.165) is 17.5 Å². The third kappa shape index (κ3) is 5.55. The van der Waals surface area contributed by atoms with Gasteiger partial charge in [0, 0.05) is 18.8 Å². The number of hydrogen-bond acceptors (Lipinski definition) is 5. The van der Waals surface area contributed by atoms with Gasteiger partial charge in [-0.2, -0.15) is 4.31 Å². The zero-order chi connectivity index (χ0) is 23.5. The van der Waals surface area contributed by atoms with Crippen molar-refractivity contribution in [3.05, 3.63) is 59.2 Å². The zero-order valence-corrected chi connectivity index (χ0v) is 19.7. The van der Waals surface area contributed by atoms with Crippen molar-refractivity contribution in [3.8, 4) is 0 Å². The number of aryl methyl sites for hydroxylation is 1. The highest BCUT2D eigenvalue weighted by Crippen LogP contribution is 2.27. The molecule has 1 amide bonds. The van der Waals surface area contributed by atoms with Crippen molar-refractivity contribution in [1.29, 1.82) is 0 Å². The highest BCUT2D eigenvalue weighted by atomic mass is 32.2. The molecule has 7 nitrogen and oxygen atoms in total. The SMILES string of the molecule is Cc1cccc(NC(=O)COC(=O)c2ccc(S(=O)(=O)N3C[C@H](C)C[C@@H](C)C3)cc2)c1C. The van der Waals surface area contributed by atoms with E-state index in [1.54, 1.807) is 6.07 Å². The Morgan fingerprint density at radius 1 is 1.03 bits per heavy atom. The molecule has 0 saturated carbocycles. The fourth-order valence-corrected chi connectivity index (χ4v) is 5.68. The van der Waals surface area contributed by atoms with Gasteiger partial charge in [0.15, 0.2) is 6.61 Å². The Balaban J connectivity index is 1.60. The summed E-state index contributed by atoms with van der Waals surface area (Å²) >= 11 is 0. The Morgan fingerprint density at radius 3 is 2.28 bits per heavy atom. The van der Waals surface area contributed by atoms with Crippen LogP contribution >= 0.6 is 0 Å². The molecule has 1 aliphatic rings. The zero-order valence-electron chi connectivity index (χ0n) is 18.9. The van der Waals surface area contributed by atoms with E-state index in [2.05, 4.69) is 5.32 Å². The van der Waals surface area contributed by atoms with E-state index in [1.807, 2.05) is 39.8 Å². The molecular weight excluding hydrogens is 428 g/mol. The first kappa shape index (κ1) is 23.9. The number of hydrogen-bond donors (Lipinski definition) is 1. The van der Waals surface area contributed by atoms with Crippen LogP contribution < -0.4 is 5.32 Å². The molecule has 1 saturated heterocycles. The minimum absolute atomic E-state index is 0.142. The molecule has 0 unspecified atom stereocenters. The van der Waals surface area contributed by atoms with Gasteiger partial charge in [-0.15, -0.1) is 0 Å². The van der Waals surface area contributed by atoms with Crippen LogP contribution in [0.1, 0.15) is 41.8 Å². The molecule has 32 heavy (non-hydrogen) atoms. The van der Waals surface area contributed by atoms with Crippen LogP contribution in [-0.4, -0.2) is 44.3 Å². The standard InChI is InChI=1S/C24H30N2O5S/c1-16-12-17(2)14-26(13-16)32(29,30)21-10-8-20(9-11-21)24(28)31-15-23(27)25-22-7-5-6-18(3)19(22)4/h5-11,16-17H,12-15H2,1-4H3,(H,25,27)/t16-,17-/m1/s1. The second-order valence-electron chi connectivity index (χ2n) is 8.66. The summed E-state index contributed by atoms with van der Waals surface area (Å²) in [4.78, 5) is 24.6. The topological polar surface area (TPSA) is 92.8 Å².